The first kappa shape index (κ1) is 22.0. The minimum absolute atomic E-state index is 0.179. The fourth-order valence-electron chi connectivity index (χ4n) is 6.78. The van der Waals surface area contributed by atoms with Crippen molar-refractivity contribution in [3.8, 4) is 0 Å². The van der Waals surface area contributed by atoms with Crippen LogP contribution >= 0.6 is 0 Å². The summed E-state index contributed by atoms with van der Waals surface area (Å²) in [6, 6.07) is 0.442. The van der Waals surface area contributed by atoms with Gasteiger partial charge in [0.2, 0.25) is 0 Å². The zero-order chi connectivity index (χ0) is 22.8. The highest BCUT2D eigenvalue weighted by Crippen LogP contribution is 2.76. The van der Waals surface area contributed by atoms with Crippen molar-refractivity contribution in [2.75, 3.05) is 13.1 Å². The van der Waals surface area contributed by atoms with Gasteiger partial charge in [0, 0.05) is 30.2 Å². The van der Waals surface area contributed by atoms with E-state index in [4.69, 9.17) is 0 Å². The molecule has 2 saturated carbocycles. The molecule has 3 aliphatic carbocycles. The Kier molecular flexibility index (Phi) is 5.24. The van der Waals surface area contributed by atoms with Gasteiger partial charge in [0.15, 0.2) is 0 Å². The van der Waals surface area contributed by atoms with Crippen molar-refractivity contribution < 1.29 is 0 Å². The number of rotatable bonds is 5. The van der Waals surface area contributed by atoms with E-state index in [1.165, 1.54) is 41.8 Å². The van der Waals surface area contributed by atoms with E-state index in [9.17, 15) is 0 Å². The summed E-state index contributed by atoms with van der Waals surface area (Å²) in [4.78, 5) is 2.93. The minimum Gasteiger partial charge on any atom is -0.383 e. The molecular weight excluding hydrogens is 388 g/mol. The summed E-state index contributed by atoms with van der Waals surface area (Å²) < 4.78 is 0. The Bertz CT molecular complexity index is 986. The van der Waals surface area contributed by atoms with Gasteiger partial charge in [-0.15, -0.1) is 0 Å². The third kappa shape index (κ3) is 3.69. The van der Waals surface area contributed by atoms with Crippen LogP contribution in [0.15, 0.2) is 70.0 Å². The van der Waals surface area contributed by atoms with Crippen molar-refractivity contribution in [3.63, 3.8) is 0 Å². The molecule has 3 atom stereocenters. The highest BCUT2D eigenvalue weighted by molar-refractivity contribution is 5.50. The van der Waals surface area contributed by atoms with Crippen LogP contribution in [0.25, 0.3) is 0 Å². The van der Waals surface area contributed by atoms with Crippen molar-refractivity contribution in [2.24, 2.45) is 23.2 Å². The van der Waals surface area contributed by atoms with Crippen LogP contribution in [0.2, 0.25) is 0 Å². The summed E-state index contributed by atoms with van der Waals surface area (Å²) >= 11 is 0. The molecule has 2 heterocycles. The second-order valence-corrected chi connectivity index (χ2v) is 12.2. The van der Waals surface area contributed by atoms with Crippen molar-refractivity contribution in [1.82, 2.24) is 10.2 Å². The molecule has 0 aromatic heterocycles. The van der Waals surface area contributed by atoms with Gasteiger partial charge in [-0.2, -0.15) is 0 Å². The SMILES string of the molecule is C/C=C\C=C1/CNC2=C1CC(C)(C)N(CC13CC1C3)C2[C@H]1C(C)=CC(C=C(C)C)=CC1C. The van der Waals surface area contributed by atoms with Crippen LogP contribution in [0.1, 0.15) is 67.7 Å². The molecular formula is C30H42N2. The van der Waals surface area contributed by atoms with Gasteiger partial charge >= 0.3 is 0 Å². The van der Waals surface area contributed by atoms with Gasteiger partial charge in [-0.1, -0.05) is 54.5 Å². The quantitative estimate of drug-likeness (QED) is 0.521. The highest BCUT2D eigenvalue weighted by atomic mass is 15.3. The van der Waals surface area contributed by atoms with Crippen molar-refractivity contribution in [3.05, 3.63) is 70.0 Å². The molecule has 0 spiro atoms. The third-order valence-corrected chi connectivity index (χ3v) is 8.76. The summed E-state index contributed by atoms with van der Waals surface area (Å²) in [5.74, 6) is 2.08. The second-order valence-electron chi connectivity index (χ2n) is 12.2. The van der Waals surface area contributed by atoms with Crippen LogP contribution < -0.4 is 5.32 Å². The maximum Gasteiger partial charge on any atom is 0.0574 e. The van der Waals surface area contributed by atoms with Gasteiger partial charge < -0.3 is 5.32 Å². The lowest BCUT2D eigenvalue weighted by Gasteiger charge is -2.53. The normalized spacial score (nSPS) is 38.8. The van der Waals surface area contributed by atoms with E-state index >= 15 is 0 Å². The van der Waals surface area contributed by atoms with Crippen molar-refractivity contribution in [1.29, 1.82) is 0 Å². The van der Waals surface area contributed by atoms with Crippen LogP contribution in [-0.2, 0) is 0 Å². The Labute approximate surface area is 195 Å². The zero-order valence-corrected chi connectivity index (χ0v) is 21.3. The van der Waals surface area contributed by atoms with Crippen molar-refractivity contribution >= 4 is 0 Å². The first-order valence-corrected chi connectivity index (χ1v) is 12.8. The summed E-state index contributed by atoms with van der Waals surface area (Å²) in [6.45, 7) is 18.6. The lowest BCUT2D eigenvalue weighted by molar-refractivity contribution is 0.0295. The van der Waals surface area contributed by atoms with Crippen LogP contribution in [0.4, 0.5) is 0 Å². The molecule has 0 aromatic rings. The van der Waals surface area contributed by atoms with E-state index in [0.29, 0.717) is 23.3 Å². The average molecular weight is 431 g/mol. The number of nitrogens with one attached hydrogen (secondary N) is 1. The fraction of sp³-hybridized carbons (Fsp3) is 0.600. The van der Waals surface area contributed by atoms with E-state index in [0.717, 1.165) is 18.9 Å². The molecule has 2 unspecified atom stereocenters. The average Bonchev–Trinajstić information content (AvgIpc) is 3.50. The number of nitrogens with zero attached hydrogens (tertiary/aromatic N) is 1. The van der Waals surface area contributed by atoms with E-state index in [2.05, 4.69) is 95.1 Å². The largest absolute Gasteiger partial charge is 0.383 e. The summed E-state index contributed by atoms with van der Waals surface area (Å²) in [7, 11) is 0. The first-order chi connectivity index (χ1) is 15.1. The van der Waals surface area contributed by atoms with E-state index in [1.807, 2.05) is 0 Å². The Balaban J connectivity index is 1.57. The van der Waals surface area contributed by atoms with E-state index < -0.39 is 0 Å². The van der Waals surface area contributed by atoms with Crippen LogP contribution in [-0.4, -0.2) is 29.6 Å². The number of hydrogen-bond donors (Lipinski definition) is 1. The van der Waals surface area contributed by atoms with E-state index in [1.54, 1.807) is 11.1 Å². The molecule has 0 aromatic carbocycles. The minimum atomic E-state index is 0.179. The maximum absolute atomic E-state index is 3.91. The second kappa shape index (κ2) is 7.62. The van der Waals surface area contributed by atoms with Gasteiger partial charge in [-0.3, -0.25) is 4.90 Å². The van der Waals surface area contributed by atoms with Gasteiger partial charge in [-0.25, -0.2) is 0 Å². The van der Waals surface area contributed by atoms with E-state index in [-0.39, 0.29) is 5.54 Å². The molecule has 5 rings (SSSR count). The Hall–Kier alpha value is -1.80. The summed E-state index contributed by atoms with van der Waals surface area (Å²) in [6.07, 6.45) is 18.1. The Morgan fingerprint density at radius 1 is 1.25 bits per heavy atom. The molecule has 2 heteroatoms. The zero-order valence-electron chi connectivity index (χ0n) is 21.3. The highest BCUT2D eigenvalue weighted by Gasteiger charge is 2.70. The van der Waals surface area contributed by atoms with Gasteiger partial charge in [0.1, 0.15) is 0 Å². The monoisotopic (exact) mass is 430 g/mol. The number of allylic oxidation sites excluding steroid dienone is 8. The fourth-order valence-corrected chi connectivity index (χ4v) is 6.78. The predicted molar refractivity (Wildman–Crippen MR) is 136 cm³/mol. The molecule has 2 nitrogen and oxygen atoms in total. The third-order valence-electron chi connectivity index (χ3n) is 8.76. The van der Waals surface area contributed by atoms with Crippen LogP contribution in [0.3, 0.4) is 0 Å². The molecule has 172 valence electrons. The van der Waals surface area contributed by atoms with Gasteiger partial charge in [-0.05, 0) is 94.8 Å². The standard InChI is InChI=1S/C30H42N2/c1-8-9-10-23-17-31-27-25(23)16-29(6,7)32(18-30-14-24(30)15-30)28(27)26-20(4)12-22(11-19(2)3)13-21(26)5/h8-13,20,24,26,28,31H,14-18H2,1-7H3/b9-8-,23-10+/t20?,24?,26-,28?,30?/m1/s1. The van der Waals surface area contributed by atoms with Gasteiger partial charge in [0.05, 0.1) is 6.04 Å². The molecule has 0 bridgehead atoms. The Morgan fingerprint density at radius 2 is 1.97 bits per heavy atom. The maximum atomic E-state index is 3.91. The summed E-state index contributed by atoms with van der Waals surface area (Å²) in [5, 5.41) is 3.91. The smallest absolute Gasteiger partial charge is 0.0574 e. The van der Waals surface area contributed by atoms with Crippen molar-refractivity contribution in [2.45, 2.75) is 79.3 Å². The number of hydrogen-bond acceptors (Lipinski definition) is 2. The predicted octanol–water partition coefficient (Wildman–Crippen LogP) is 6.71. The molecule has 0 amide bonds. The molecule has 2 fully saturated rings. The molecule has 0 radical (unpaired) electrons. The molecule has 0 saturated heterocycles. The summed E-state index contributed by atoms with van der Waals surface area (Å²) in [5.41, 5.74) is 9.76. The first-order valence-electron chi connectivity index (χ1n) is 12.8. The lowest BCUT2D eigenvalue weighted by Crippen LogP contribution is -2.59. The molecule has 2 aliphatic heterocycles. The topological polar surface area (TPSA) is 15.3 Å². The lowest BCUT2D eigenvalue weighted by atomic mass is 9.70. The molecule has 32 heavy (non-hydrogen) atoms. The van der Waals surface area contributed by atoms with Crippen LogP contribution in [0.5, 0.6) is 0 Å². The Morgan fingerprint density at radius 3 is 2.56 bits per heavy atom. The molecule has 5 aliphatic rings. The van der Waals surface area contributed by atoms with Gasteiger partial charge in [0.25, 0.3) is 0 Å². The number of fused-ring (bicyclic) bond motifs is 1. The molecule has 1 N–H and O–H groups in total. The van der Waals surface area contributed by atoms with Crippen LogP contribution in [0, 0.1) is 23.2 Å².